The molecule has 12 heavy (non-hydrogen) atoms. The average molecular weight is 192 g/mol. The second-order valence-corrected chi connectivity index (χ2v) is 0.391. The van der Waals surface area contributed by atoms with Gasteiger partial charge in [0.15, 0.2) is 6.26 Å². The van der Waals surface area contributed by atoms with Crippen molar-refractivity contribution in [1.82, 2.24) is 0 Å². The fraction of sp³-hybridized carbons (Fsp3) is 0.500. The number of aliphatic hydroxyl groups excluding tert-OH is 1. The summed E-state index contributed by atoms with van der Waals surface area (Å²) in [5, 5.41) is 14.9. The van der Waals surface area contributed by atoms with Gasteiger partial charge in [-0.3, -0.25) is 0 Å². The van der Waals surface area contributed by atoms with E-state index < -0.39 is 0 Å². The Morgan fingerprint density at radius 1 is 1.17 bits per heavy atom. The van der Waals surface area contributed by atoms with Crippen LogP contribution in [-0.4, -0.2) is 21.3 Å². The Bertz CT molecular complexity index is 68.6. The zero-order chi connectivity index (χ0) is 6.12. The molecule has 0 aromatic heterocycles. The van der Waals surface area contributed by atoms with E-state index in [0.717, 1.165) is 6.26 Å². The van der Waals surface area contributed by atoms with E-state index in [1.807, 2.05) is 0 Å². The maximum atomic E-state index is 7.60. The van der Waals surface area contributed by atoms with Gasteiger partial charge >= 0.3 is 11.3 Å². The fourth-order valence-electron chi connectivity index (χ4n) is 0.0272. The molecule has 0 rings (SSSR count). The van der Waals surface area contributed by atoms with Crippen molar-refractivity contribution in [2.24, 2.45) is 0 Å². The zero-order valence-corrected chi connectivity index (χ0v) is 4.37. The first-order valence-electron chi connectivity index (χ1n) is 1.21. The molecule has 0 heterocycles. The van der Waals surface area contributed by atoms with Crippen LogP contribution in [0.15, 0.2) is 12.5 Å². The number of aliphatic hydroxyl groups is 1. The molecule has 0 aliphatic rings. The van der Waals surface area contributed by atoms with E-state index in [-0.39, 0.29) is 36.1 Å². The first-order valence-corrected chi connectivity index (χ1v) is 1.21. The van der Waals surface area contributed by atoms with Crippen LogP contribution in [0.5, 0.6) is 0 Å². The molecule has 0 saturated carbocycles. The molecular formula is C6H24O6. The first-order chi connectivity index (χ1) is 3.41. The van der Waals surface area contributed by atoms with Crippen LogP contribution in [0.4, 0.5) is 0 Å². The maximum Gasteiger partial charge on any atom is 0 e. The van der Waals surface area contributed by atoms with E-state index in [1.54, 1.807) is 0 Å². The van der Waals surface area contributed by atoms with Gasteiger partial charge in [-0.15, -0.1) is 0 Å². The van der Waals surface area contributed by atoms with Crippen LogP contribution >= 0.6 is 0 Å². The molecule has 0 spiro atoms. The van der Waals surface area contributed by atoms with Gasteiger partial charge in [0.25, 0.3) is 0 Å². The molecule has 84 valence electrons. The molecule has 6 nitrogen and oxygen atoms in total. The van der Waals surface area contributed by atoms with Gasteiger partial charge in [-0.1, -0.05) is 22.3 Å². The zero-order valence-electron chi connectivity index (χ0n) is 4.37. The molecule has 6 N–H and O–H groups in total. The summed E-state index contributed by atoms with van der Waals surface area (Å²) < 4.78 is 7.50. The Morgan fingerprint density at radius 2 is 1.42 bits per heavy atom. The maximum absolute atomic E-state index is 7.60. The molecule has 0 radical (unpaired) electrons. The summed E-state index contributed by atoms with van der Waals surface area (Å²) in [5.74, 6) is 0. The third kappa shape index (κ3) is 616. The molecule has 0 unspecified atom stereocenters. The number of rotatable bonds is 1. The molecule has 6 heteroatoms. The van der Waals surface area contributed by atoms with Crippen LogP contribution in [0.2, 0.25) is 0 Å². The van der Waals surface area contributed by atoms with Crippen molar-refractivity contribution >= 4 is 0 Å². The second-order valence-electron chi connectivity index (χ2n) is 0.391. The number of hydrogen-bond donors (Lipinski definition) is 2. The van der Waals surface area contributed by atoms with Gasteiger partial charge in [0.1, 0.15) is 6.26 Å². The van der Waals surface area contributed by atoms with E-state index in [1.165, 1.54) is 0 Å². The Kier molecular flexibility index (Phi) is 1200. The Balaban J connectivity index is -0.00000000377. The SMILES string of the molecule is C.C.C.O.O.O/C=C/OO.[C-]#[O+].[HH].[HH]. The number of hydrogen-bond acceptors (Lipinski definition) is 3. The third-order valence-corrected chi connectivity index (χ3v) is 0.122. The largest absolute Gasteiger partial charge is 0 e. The summed E-state index contributed by atoms with van der Waals surface area (Å²) in [5.41, 5.74) is 0. The third-order valence-electron chi connectivity index (χ3n) is 0.122. The molecular weight excluding hydrogens is 168 g/mol. The van der Waals surface area contributed by atoms with Crippen LogP contribution in [0.3, 0.4) is 0 Å². The summed E-state index contributed by atoms with van der Waals surface area (Å²) in [7, 11) is 0. The second kappa shape index (κ2) is 208. The van der Waals surface area contributed by atoms with Gasteiger partial charge in [0, 0.05) is 2.85 Å². The van der Waals surface area contributed by atoms with Crippen molar-refractivity contribution in [2.75, 3.05) is 0 Å². The van der Waals surface area contributed by atoms with Gasteiger partial charge in [0.2, 0.25) is 0 Å². The summed E-state index contributed by atoms with van der Waals surface area (Å²) in [4.78, 5) is 3.26. The quantitative estimate of drug-likeness (QED) is 0.212. The van der Waals surface area contributed by atoms with E-state index in [4.69, 9.17) is 15.0 Å². The summed E-state index contributed by atoms with van der Waals surface area (Å²) in [6.07, 6.45) is 1.32. The average Bonchev–Trinajstić information content (AvgIpc) is 1.75. The molecule has 0 fully saturated rings. The molecule has 0 aromatic rings. The van der Waals surface area contributed by atoms with Crippen LogP contribution < -0.4 is 0 Å². The van der Waals surface area contributed by atoms with Crippen LogP contribution in [0.25, 0.3) is 0 Å². The van der Waals surface area contributed by atoms with Gasteiger partial charge in [-0.2, -0.15) is 0 Å². The van der Waals surface area contributed by atoms with E-state index in [9.17, 15) is 0 Å². The molecule has 0 aliphatic carbocycles. The minimum atomic E-state index is 0. The molecule has 0 bridgehead atoms. The van der Waals surface area contributed by atoms with Gasteiger partial charge in [-0.05, 0) is 0 Å². The fourth-order valence-corrected chi connectivity index (χ4v) is 0.0272. The molecule has 0 aliphatic heterocycles. The Labute approximate surface area is 76.3 Å². The van der Waals surface area contributed by atoms with Crippen molar-refractivity contribution in [2.45, 2.75) is 22.3 Å². The monoisotopic (exact) mass is 192 g/mol. The predicted octanol–water partition coefficient (Wildman–Crippen LogP) is 1.22. The van der Waals surface area contributed by atoms with Crippen LogP contribution in [0, 0.1) is 6.65 Å². The van der Waals surface area contributed by atoms with Gasteiger partial charge in [0.05, 0.1) is 0 Å². The summed E-state index contributed by atoms with van der Waals surface area (Å²) >= 11 is 0. The van der Waals surface area contributed by atoms with E-state index >= 15 is 0 Å². The van der Waals surface area contributed by atoms with Crippen molar-refractivity contribution in [3.05, 3.63) is 19.2 Å². The standard InChI is InChI=1S/C2H4O3.CO.3CH4.2H2O.2H2/c3-1-2-5-4;1-2;;;;;;;/h1-4H;;3*1H4;2*1H2;2*1H/b2-1+;;;;;;;;. The molecule has 0 amide bonds. The van der Waals surface area contributed by atoms with E-state index in [2.05, 4.69) is 11.5 Å². The summed E-state index contributed by atoms with van der Waals surface area (Å²) in [6.45, 7) is 4.50. The topological polar surface area (TPSA) is 133 Å². The van der Waals surface area contributed by atoms with Crippen molar-refractivity contribution < 1.29 is 33.7 Å². The molecule has 0 aromatic carbocycles. The van der Waals surface area contributed by atoms with Gasteiger partial charge in [-0.25, -0.2) is 5.26 Å². The minimum absolute atomic E-state index is 0. The predicted molar refractivity (Wildman–Crippen MR) is 51.1 cm³/mol. The van der Waals surface area contributed by atoms with Crippen molar-refractivity contribution in [3.8, 4) is 0 Å². The smallest absolute Gasteiger partial charge is 0 e. The summed E-state index contributed by atoms with van der Waals surface area (Å²) in [6, 6.07) is 0. The van der Waals surface area contributed by atoms with Crippen LogP contribution in [0.1, 0.15) is 25.1 Å². The molecule has 0 saturated heterocycles. The Morgan fingerprint density at radius 3 is 1.42 bits per heavy atom. The normalized spacial score (nSPS) is 3.92. The van der Waals surface area contributed by atoms with E-state index in [0.29, 0.717) is 6.26 Å². The van der Waals surface area contributed by atoms with Crippen molar-refractivity contribution in [1.29, 1.82) is 0 Å². The van der Waals surface area contributed by atoms with Gasteiger partial charge < -0.3 is 20.9 Å². The molecule has 0 atom stereocenters. The Hall–Kier alpha value is -1.04. The van der Waals surface area contributed by atoms with Crippen molar-refractivity contribution in [3.63, 3.8) is 0 Å². The minimum Gasteiger partial charge on any atom is 0 e. The van der Waals surface area contributed by atoms with Crippen LogP contribution in [-0.2, 0) is 9.54 Å². The first kappa shape index (κ1) is 69.3.